The van der Waals surface area contributed by atoms with Crippen LogP contribution in [-0.2, 0) is 28.6 Å². The fourth-order valence-corrected chi connectivity index (χ4v) is 7.93. The second kappa shape index (κ2) is 55.4. The lowest BCUT2D eigenvalue weighted by Gasteiger charge is -2.18. The first-order valence-electron chi connectivity index (χ1n) is 28.4. The van der Waals surface area contributed by atoms with Gasteiger partial charge in [0.25, 0.3) is 0 Å². The standard InChI is InChI=1S/C61H106O6/c1-4-7-10-13-16-18-20-22-23-24-25-26-27-28-29-30-31-32-33-34-35-36-37-39-40-42-45-48-51-54-60(63)66-57-58(56-65-59(62)53-50-47-44-15-12-9-6-3)67-61(64)55-52-49-46-43-41-38-21-19-17-14-11-8-5-2/h7,10,16,18-19,21-23,25-26,28-29,58H,4-6,8-9,11-15,17,20,24,27,30-57H2,1-3H3/b10-7-,18-16-,21-19-,23-22-,26-25-,29-28-. The third-order valence-corrected chi connectivity index (χ3v) is 12.2. The fraction of sp³-hybridized carbons (Fsp3) is 0.754. The Labute approximate surface area is 414 Å². The van der Waals surface area contributed by atoms with Gasteiger partial charge in [0.2, 0.25) is 0 Å². The van der Waals surface area contributed by atoms with Gasteiger partial charge in [-0.25, -0.2) is 0 Å². The molecule has 0 aliphatic carbocycles. The fourth-order valence-electron chi connectivity index (χ4n) is 7.93. The van der Waals surface area contributed by atoms with Gasteiger partial charge in [0, 0.05) is 19.3 Å². The maximum absolute atomic E-state index is 12.8. The smallest absolute Gasteiger partial charge is 0.306 e. The molecule has 1 unspecified atom stereocenters. The van der Waals surface area contributed by atoms with Crippen molar-refractivity contribution in [3.05, 3.63) is 72.9 Å². The topological polar surface area (TPSA) is 78.9 Å². The summed E-state index contributed by atoms with van der Waals surface area (Å²) in [5.74, 6) is -0.887. The van der Waals surface area contributed by atoms with Crippen molar-refractivity contribution in [2.75, 3.05) is 13.2 Å². The maximum atomic E-state index is 12.8. The van der Waals surface area contributed by atoms with Gasteiger partial charge in [-0.3, -0.25) is 14.4 Å². The summed E-state index contributed by atoms with van der Waals surface area (Å²) < 4.78 is 16.7. The Balaban J connectivity index is 4.08. The Morgan fingerprint density at radius 3 is 0.940 bits per heavy atom. The SMILES string of the molecule is CC/C=C\C/C=C\C/C=C\C/C=C\C/C=C\CCCCCCCCCCCCCCCC(=O)OCC(COC(=O)CCCCCCCCC)OC(=O)CCCCCCC/C=C\CCCCCC. The molecule has 6 nitrogen and oxygen atoms in total. The van der Waals surface area contributed by atoms with E-state index in [0.717, 1.165) is 103 Å². The molecule has 0 radical (unpaired) electrons. The Kier molecular flexibility index (Phi) is 52.8. The molecule has 6 heteroatoms. The van der Waals surface area contributed by atoms with Crippen molar-refractivity contribution in [3.8, 4) is 0 Å². The van der Waals surface area contributed by atoms with E-state index in [4.69, 9.17) is 14.2 Å². The molecule has 0 aliphatic rings. The maximum Gasteiger partial charge on any atom is 0.306 e. The van der Waals surface area contributed by atoms with Crippen molar-refractivity contribution in [1.29, 1.82) is 0 Å². The number of hydrogen-bond donors (Lipinski definition) is 0. The second-order valence-electron chi connectivity index (χ2n) is 18.8. The van der Waals surface area contributed by atoms with E-state index in [9.17, 15) is 14.4 Å². The lowest BCUT2D eigenvalue weighted by atomic mass is 10.0. The predicted molar refractivity (Wildman–Crippen MR) is 288 cm³/mol. The van der Waals surface area contributed by atoms with Crippen LogP contribution in [0.2, 0.25) is 0 Å². The van der Waals surface area contributed by atoms with Crippen LogP contribution in [0.25, 0.3) is 0 Å². The van der Waals surface area contributed by atoms with Crippen LogP contribution in [-0.4, -0.2) is 37.2 Å². The van der Waals surface area contributed by atoms with E-state index in [1.807, 2.05) is 0 Å². The van der Waals surface area contributed by atoms with Crippen LogP contribution in [0.3, 0.4) is 0 Å². The van der Waals surface area contributed by atoms with E-state index in [1.165, 1.54) is 135 Å². The summed E-state index contributed by atoms with van der Waals surface area (Å²) in [7, 11) is 0. The van der Waals surface area contributed by atoms with Gasteiger partial charge >= 0.3 is 17.9 Å². The highest BCUT2D eigenvalue weighted by Gasteiger charge is 2.19. The number of unbranched alkanes of at least 4 members (excludes halogenated alkanes) is 28. The summed E-state index contributed by atoms with van der Waals surface area (Å²) in [5, 5.41) is 0. The third-order valence-electron chi connectivity index (χ3n) is 12.2. The van der Waals surface area contributed by atoms with Crippen LogP contribution in [0, 0.1) is 0 Å². The van der Waals surface area contributed by atoms with Gasteiger partial charge in [-0.15, -0.1) is 0 Å². The first kappa shape index (κ1) is 63.8. The summed E-state index contributed by atoms with van der Waals surface area (Å²) in [6, 6.07) is 0. The molecule has 0 amide bonds. The summed E-state index contributed by atoms with van der Waals surface area (Å²) in [4.78, 5) is 37.9. The van der Waals surface area contributed by atoms with E-state index < -0.39 is 6.10 Å². The largest absolute Gasteiger partial charge is 0.462 e. The highest BCUT2D eigenvalue weighted by Crippen LogP contribution is 2.15. The molecule has 0 rings (SSSR count). The Hall–Kier alpha value is -3.15. The minimum absolute atomic E-state index is 0.0765. The van der Waals surface area contributed by atoms with E-state index in [1.54, 1.807) is 0 Å². The van der Waals surface area contributed by atoms with Gasteiger partial charge in [-0.05, 0) is 89.9 Å². The van der Waals surface area contributed by atoms with E-state index in [2.05, 4.69) is 93.7 Å². The van der Waals surface area contributed by atoms with Crippen LogP contribution in [0.1, 0.15) is 278 Å². The molecule has 0 aromatic heterocycles. The van der Waals surface area contributed by atoms with Gasteiger partial charge in [-0.1, -0.05) is 241 Å². The lowest BCUT2D eigenvalue weighted by molar-refractivity contribution is -0.167. The number of esters is 3. The third kappa shape index (κ3) is 53.7. The van der Waals surface area contributed by atoms with Crippen molar-refractivity contribution in [3.63, 3.8) is 0 Å². The monoisotopic (exact) mass is 935 g/mol. The van der Waals surface area contributed by atoms with Gasteiger partial charge in [0.1, 0.15) is 13.2 Å². The summed E-state index contributed by atoms with van der Waals surface area (Å²) in [6.07, 6.45) is 70.6. The number of rotatable bonds is 51. The minimum atomic E-state index is -0.775. The Morgan fingerprint density at radius 2 is 0.582 bits per heavy atom. The molecule has 0 aromatic carbocycles. The lowest BCUT2D eigenvalue weighted by Crippen LogP contribution is -2.30. The number of hydrogen-bond acceptors (Lipinski definition) is 6. The molecule has 0 fully saturated rings. The average Bonchev–Trinajstić information content (AvgIpc) is 3.33. The molecular weight excluding hydrogens is 829 g/mol. The molecular formula is C61H106O6. The van der Waals surface area contributed by atoms with Gasteiger partial charge in [0.05, 0.1) is 0 Å². The molecule has 386 valence electrons. The van der Waals surface area contributed by atoms with Crippen molar-refractivity contribution < 1.29 is 28.6 Å². The van der Waals surface area contributed by atoms with Crippen LogP contribution in [0.5, 0.6) is 0 Å². The molecule has 0 N–H and O–H groups in total. The van der Waals surface area contributed by atoms with Crippen LogP contribution in [0.4, 0.5) is 0 Å². The molecule has 0 saturated carbocycles. The zero-order valence-electron chi connectivity index (χ0n) is 44.2. The van der Waals surface area contributed by atoms with E-state index >= 15 is 0 Å². The molecule has 67 heavy (non-hydrogen) atoms. The van der Waals surface area contributed by atoms with Crippen molar-refractivity contribution >= 4 is 17.9 Å². The summed E-state index contributed by atoms with van der Waals surface area (Å²) in [5.41, 5.74) is 0. The number of allylic oxidation sites excluding steroid dienone is 12. The first-order valence-corrected chi connectivity index (χ1v) is 28.4. The quantitative estimate of drug-likeness (QED) is 0.0262. The van der Waals surface area contributed by atoms with Gasteiger partial charge in [-0.2, -0.15) is 0 Å². The zero-order chi connectivity index (χ0) is 48.6. The van der Waals surface area contributed by atoms with E-state index in [0.29, 0.717) is 19.3 Å². The van der Waals surface area contributed by atoms with Crippen molar-refractivity contribution in [2.24, 2.45) is 0 Å². The normalized spacial score (nSPS) is 12.6. The Morgan fingerprint density at radius 1 is 0.313 bits per heavy atom. The molecule has 0 aliphatic heterocycles. The molecule has 0 spiro atoms. The Bertz CT molecular complexity index is 1260. The van der Waals surface area contributed by atoms with Gasteiger partial charge < -0.3 is 14.2 Å². The predicted octanol–water partition coefficient (Wildman–Crippen LogP) is 19.0. The molecule has 0 saturated heterocycles. The van der Waals surface area contributed by atoms with E-state index in [-0.39, 0.29) is 31.1 Å². The first-order chi connectivity index (χ1) is 33.0. The summed E-state index contributed by atoms with van der Waals surface area (Å²) >= 11 is 0. The number of carbonyl (C=O) groups excluding carboxylic acids is 3. The molecule has 0 bridgehead atoms. The average molecular weight is 936 g/mol. The highest BCUT2D eigenvalue weighted by atomic mass is 16.6. The van der Waals surface area contributed by atoms with Crippen LogP contribution in [0.15, 0.2) is 72.9 Å². The summed E-state index contributed by atoms with van der Waals surface area (Å²) in [6.45, 7) is 6.47. The minimum Gasteiger partial charge on any atom is -0.462 e. The van der Waals surface area contributed by atoms with Crippen LogP contribution < -0.4 is 0 Å². The second-order valence-corrected chi connectivity index (χ2v) is 18.8. The van der Waals surface area contributed by atoms with Crippen molar-refractivity contribution in [1.82, 2.24) is 0 Å². The van der Waals surface area contributed by atoms with Crippen LogP contribution >= 0.6 is 0 Å². The highest BCUT2D eigenvalue weighted by molar-refractivity contribution is 5.71. The molecule has 0 aromatic rings. The molecule has 0 heterocycles. The number of ether oxygens (including phenoxy) is 3. The van der Waals surface area contributed by atoms with Crippen molar-refractivity contribution in [2.45, 2.75) is 284 Å². The molecule has 1 atom stereocenters. The number of carbonyl (C=O) groups is 3. The van der Waals surface area contributed by atoms with Gasteiger partial charge in [0.15, 0.2) is 6.10 Å². The zero-order valence-corrected chi connectivity index (χ0v) is 44.2.